The topological polar surface area (TPSA) is 81.8 Å². The molecule has 0 unspecified atom stereocenters. The van der Waals surface area contributed by atoms with Gasteiger partial charge in [0.15, 0.2) is 5.76 Å². The summed E-state index contributed by atoms with van der Waals surface area (Å²) in [5, 5.41) is 13.5. The lowest BCUT2D eigenvalue weighted by molar-refractivity contribution is -0.137. The Hall–Kier alpha value is -3.26. The molecule has 0 saturated heterocycles. The van der Waals surface area contributed by atoms with Gasteiger partial charge in [-0.2, -0.15) is 13.5 Å². The van der Waals surface area contributed by atoms with Crippen LogP contribution in [0.2, 0.25) is 0 Å². The van der Waals surface area contributed by atoms with E-state index in [1.54, 1.807) is 12.1 Å². The first-order valence-corrected chi connectivity index (χ1v) is 11.3. The molecule has 0 spiro atoms. The number of allylic oxidation sites excluding steroid dienone is 1. The molecule has 35 heavy (non-hydrogen) atoms. The van der Waals surface area contributed by atoms with E-state index in [1.165, 1.54) is 13.2 Å². The van der Waals surface area contributed by atoms with Crippen LogP contribution in [0.25, 0.3) is 17.4 Å². The second-order valence-corrected chi connectivity index (χ2v) is 8.84. The molecule has 1 aliphatic rings. The summed E-state index contributed by atoms with van der Waals surface area (Å²) in [6.07, 6.45) is 4.10. The van der Waals surface area contributed by atoms with Crippen LogP contribution in [-0.2, 0) is 11.4 Å². The zero-order valence-corrected chi connectivity index (χ0v) is 21.0. The van der Waals surface area contributed by atoms with Gasteiger partial charge in [-0.25, -0.2) is 4.39 Å². The number of hydrogen-bond acceptors (Lipinski definition) is 5. The van der Waals surface area contributed by atoms with E-state index in [2.05, 4.69) is 5.16 Å². The fourth-order valence-corrected chi connectivity index (χ4v) is 4.10. The fraction of sp³-hybridized carbons (Fsp3) is 0.333. The van der Waals surface area contributed by atoms with Crippen molar-refractivity contribution in [3.63, 3.8) is 0 Å². The molecule has 0 amide bonds. The van der Waals surface area contributed by atoms with E-state index in [1.807, 2.05) is 44.2 Å². The van der Waals surface area contributed by atoms with Gasteiger partial charge in [0.25, 0.3) is 0 Å². The Bertz CT molecular complexity index is 1210. The monoisotopic (exact) mass is 499 g/mol. The molecule has 0 aliphatic heterocycles. The van der Waals surface area contributed by atoms with E-state index in [9.17, 15) is 14.3 Å². The summed E-state index contributed by atoms with van der Waals surface area (Å²) in [7, 11) is 1.52. The molecule has 1 aromatic heterocycles. The van der Waals surface area contributed by atoms with Gasteiger partial charge in [-0.15, -0.1) is 0 Å². The predicted octanol–water partition coefficient (Wildman–Crippen LogP) is 6.57. The number of carboxylic acids is 1. The van der Waals surface area contributed by atoms with Gasteiger partial charge in [0.2, 0.25) is 0 Å². The van der Waals surface area contributed by atoms with Gasteiger partial charge in [-0.05, 0) is 74.4 Å². The van der Waals surface area contributed by atoms with Crippen LogP contribution >= 0.6 is 13.5 Å². The average molecular weight is 500 g/mol. The third kappa shape index (κ3) is 6.45. The van der Waals surface area contributed by atoms with Gasteiger partial charge < -0.3 is 19.1 Å². The summed E-state index contributed by atoms with van der Waals surface area (Å²) in [5.41, 5.74) is 3.40. The van der Waals surface area contributed by atoms with Crippen molar-refractivity contribution in [2.24, 2.45) is 5.92 Å². The zero-order chi connectivity index (χ0) is 24.2. The highest BCUT2D eigenvalue weighted by molar-refractivity contribution is 7.59. The molecule has 0 radical (unpaired) electrons. The molecular formula is C27H30FNO5S. The van der Waals surface area contributed by atoms with Crippen molar-refractivity contribution >= 4 is 25.5 Å². The SMILES string of the molecule is COc1ccc(F)c(-c2onc(COc3cccc([C@@H](CC(=O)O)C4CC4)c3)c2C=C(C)C)c1.S. The minimum atomic E-state index is -0.797. The quantitative estimate of drug-likeness (QED) is 0.340. The largest absolute Gasteiger partial charge is 0.497 e. The maximum absolute atomic E-state index is 14.6. The van der Waals surface area contributed by atoms with Gasteiger partial charge in [-0.1, -0.05) is 28.9 Å². The minimum absolute atomic E-state index is 0. The molecule has 1 N–H and O–H groups in total. The van der Waals surface area contributed by atoms with Crippen molar-refractivity contribution in [3.05, 3.63) is 70.7 Å². The minimum Gasteiger partial charge on any atom is -0.497 e. The van der Waals surface area contributed by atoms with Crippen LogP contribution < -0.4 is 9.47 Å². The Labute approximate surface area is 211 Å². The van der Waals surface area contributed by atoms with Crippen molar-refractivity contribution in [2.75, 3.05) is 7.11 Å². The molecule has 1 saturated carbocycles. The standard InChI is InChI=1S/C27H28FNO5.H2S/c1-16(2)11-23-25(29-34-27(23)22-13-19(32-3)9-10-24(22)28)15-33-20-6-4-5-18(12-20)21(14-26(30)31)17-7-8-17;/h4-6,9-13,17,21H,7-8,14-15H2,1-3H3,(H,30,31);1H2/t21-;/m0./s1. The first-order valence-electron chi connectivity index (χ1n) is 11.3. The number of nitrogens with zero attached hydrogens (tertiary/aromatic N) is 1. The summed E-state index contributed by atoms with van der Waals surface area (Å²) in [6, 6.07) is 12.0. The first kappa shape index (κ1) is 26.3. The number of methoxy groups -OCH3 is 1. The van der Waals surface area contributed by atoms with E-state index >= 15 is 0 Å². The van der Waals surface area contributed by atoms with Crippen molar-refractivity contribution in [1.82, 2.24) is 5.16 Å². The van der Waals surface area contributed by atoms with Crippen LogP contribution in [0.15, 0.2) is 52.6 Å². The van der Waals surface area contributed by atoms with Gasteiger partial charge >= 0.3 is 5.97 Å². The highest BCUT2D eigenvalue weighted by Gasteiger charge is 2.33. The molecule has 1 heterocycles. The maximum atomic E-state index is 14.6. The van der Waals surface area contributed by atoms with Gasteiger partial charge in [0, 0.05) is 5.56 Å². The Morgan fingerprint density at radius 2 is 2.00 bits per heavy atom. The van der Waals surface area contributed by atoms with Crippen LogP contribution in [0.1, 0.15) is 55.8 Å². The van der Waals surface area contributed by atoms with Crippen molar-refractivity contribution in [2.45, 2.75) is 45.6 Å². The predicted molar refractivity (Wildman–Crippen MR) is 137 cm³/mol. The molecule has 0 bridgehead atoms. The van der Waals surface area contributed by atoms with Crippen LogP contribution in [0, 0.1) is 11.7 Å². The van der Waals surface area contributed by atoms with Crippen molar-refractivity contribution < 1.29 is 28.3 Å². The maximum Gasteiger partial charge on any atom is 0.303 e. The lowest BCUT2D eigenvalue weighted by atomic mass is 9.91. The highest BCUT2D eigenvalue weighted by atomic mass is 32.1. The Morgan fingerprint density at radius 3 is 2.66 bits per heavy atom. The number of hydrogen-bond donors (Lipinski definition) is 1. The molecule has 1 fully saturated rings. The molecule has 1 atom stereocenters. The number of carbonyl (C=O) groups is 1. The number of ether oxygens (including phenoxy) is 2. The Kier molecular flexibility index (Phi) is 8.62. The molecule has 8 heteroatoms. The molecular weight excluding hydrogens is 469 g/mol. The van der Waals surface area contributed by atoms with Crippen LogP contribution in [-0.4, -0.2) is 23.3 Å². The number of halogens is 1. The van der Waals surface area contributed by atoms with Gasteiger partial charge in [0.1, 0.15) is 29.6 Å². The summed E-state index contributed by atoms with van der Waals surface area (Å²) in [4.78, 5) is 11.3. The summed E-state index contributed by atoms with van der Waals surface area (Å²) in [6.45, 7) is 3.99. The lowest BCUT2D eigenvalue weighted by Gasteiger charge is -2.15. The lowest BCUT2D eigenvalue weighted by Crippen LogP contribution is -2.08. The Morgan fingerprint density at radius 1 is 1.23 bits per heavy atom. The molecule has 3 aromatic rings. The van der Waals surface area contributed by atoms with E-state index < -0.39 is 11.8 Å². The summed E-state index contributed by atoms with van der Waals surface area (Å²) in [5.74, 6) is 0.592. The third-order valence-corrected chi connectivity index (χ3v) is 5.90. The van der Waals surface area contributed by atoms with Gasteiger partial charge in [0.05, 0.1) is 19.1 Å². The van der Waals surface area contributed by atoms with Crippen LogP contribution in [0.4, 0.5) is 4.39 Å². The fourth-order valence-electron chi connectivity index (χ4n) is 4.10. The van der Waals surface area contributed by atoms with Crippen molar-refractivity contribution in [3.8, 4) is 22.8 Å². The number of aromatic nitrogens is 1. The number of rotatable bonds is 10. The smallest absolute Gasteiger partial charge is 0.303 e. The van der Waals surface area contributed by atoms with E-state index in [-0.39, 0.29) is 38.0 Å². The molecule has 4 rings (SSSR count). The van der Waals surface area contributed by atoms with E-state index in [0.29, 0.717) is 34.4 Å². The molecule has 2 aromatic carbocycles. The highest BCUT2D eigenvalue weighted by Crippen LogP contribution is 2.45. The molecule has 6 nitrogen and oxygen atoms in total. The third-order valence-electron chi connectivity index (χ3n) is 5.90. The second-order valence-electron chi connectivity index (χ2n) is 8.84. The van der Waals surface area contributed by atoms with Crippen LogP contribution in [0.5, 0.6) is 11.5 Å². The van der Waals surface area contributed by atoms with Gasteiger partial charge in [-0.3, -0.25) is 4.79 Å². The normalized spacial score (nSPS) is 13.5. The van der Waals surface area contributed by atoms with Crippen molar-refractivity contribution in [1.29, 1.82) is 0 Å². The number of aliphatic carboxylic acids is 1. The van der Waals surface area contributed by atoms with E-state index in [0.717, 1.165) is 24.0 Å². The second kappa shape index (κ2) is 11.4. The summed E-state index contributed by atoms with van der Waals surface area (Å²) < 4.78 is 31.4. The number of carboxylic acid groups (broad SMARTS) is 1. The summed E-state index contributed by atoms with van der Waals surface area (Å²) >= 11 is 0. The average Bonchev–Trinajstić information content (AvgIpc) is 3.58. The van der Waals surface area contributed by atoms with Crippen LogP contribution in [0.3, 0.4) is 0 Å². The van der Waals surface area contributed by atoms with E-state index in [4.69, 9.17) is 14.0 Å². The molecule has 186 valence electrons. The number of benzene rings is 2. The first-order chi connectivity index (χ1) is 16.4. The molecule has 1 aliphatic carbocycles. The zero-order valence-electron chi connectivity index (χ0n) is 20.0. The Balaban J connectivity index is 0.00000342.